The smallest absolute Gasteiger partial charge is 0.242 e. The Bertz CT molecular complexity index is 299. The standard InChI is InChI=1S/C14H27N3O/c1-16-10-6-7-12(16)11-17(2)13(18)14(15)8-4-3-5-9-14/h12H,3-11,15H2,1-2H3. The first kappa shape index (κ1) is 13.8. The van der Waals surface area contributed by atoms with Gasteiger partial charge in [0.05, 0.1) is 5.54 Å². The number of nitrogens with zero attached hydrogens (tertiary/aromatic N) is 2. The van der Waals surface area contributed by atoms with Gasteiger partial charge in [0.15, 0.2) is 0 Å². The van der Waals surface area contributed by atoms with Gasteiger partial charge in [-0.2, -0.15) is 0 Å². The van der Waals surface area contributed by atoms with Crippen molar-refractivity contribution in [3.8, 4) is 0 Å². The van der Waals surface area contributed by atoms with Gasteiger partial charge in [-0.05, 0) is 39.3 Å². The van der Waals surface area contributed by atoms with Crippen LogP contribution in [0.2, 0.25) is 0 Å². The summed E-state index contributed by atoms with van der Waals surface area (Å²) in [7, 11) is 4.06. The van der Waals surface area contributed by atoms with Gasteiger partial charge in [0, 0.05) is 19.6 Å². The maximum atomic E-state index is 12.5. The van der Waals surface area contributed by atoms with E-state index in [0.717, 1.165) is 38.8 Å². The second-order valence-corrected chi connectivity index (χ2v) is 6.18. The molecule has 18 heavy (non-hydrogen) atoms. The Morgan fingerprint density at radius 3 is 2.56 bits per heavy atom. The average Bonchev–Trinajstić information content (AvgIpc) is 2.75. The zero-order valence-electron chi connectivity index (χ0n) is 11.8. The topological polar surface area (TPSA) is 49.6 Å². The molecule has 0 aromatic carbocycles. The zero-order valence-corrected chi connectivity index (χ0v) is 11.8. The van der Waals surface area contributed by atoms with Gasteiger partial charge in [-0.3, -0.25) is 4.79 Å². The average molecular weight is 253 g/mol. The molecule has 0 bridgehead atoms. The zero-order chi connectivity index (χ0) is 13.2. The van der Waals surface area contributed by atoms with Crippen LogP contribution in [0.3, 0.4) is 0 Å². The van der Waals surface area contributed by atoms with Crippen molar-refractivity contribution in [1.82, 2.24) is 9.80 Å². The summed E-state index contributed by atoms with van der Waals surface area (Å²) in [4.78, 5) is 16.7. The summed E-state index contributed by atoms with van der Waals surface area (Å²) in [6, 6.07) is 0.520. The Morgan fingerprint density at radius 1 is 1.33 bits per heavy atom. The lowest BCUT2D eigenvalue weighted by molar-refractivity contribution is -0.137. The van der Waals surface area contributed by atoms with Crippen molar-refractivity contribution < 1.29 is 4.79 Å². The van der Waals surface area contributed by atoms with Gasteiger partial charge in [0.1, 0.15) is 0 Å². The molecule has 104 valence electrons. The molecule has 1 aliphatic carbocycles. The van der Waals surface area contributed by atoms with Crippen molar-refractivity contribution in [3.05, 3.63) is 0 Å². The molecule has 0 aromatic heterocycles. The number of carbonyl (C=O) groups excluding carboxylic acids is 1. The first-order chi connectivity index (χ1) is 8.53. The van der Waals surface area contributed by atoms with Gasteiger partial charge in [0.25, 0.3) is 0 Å². The molecule has 2 rings (SSSR count). The van der Waals surface area contributed by atoms with Gasteiger partial charge in [-0.1, -0.05) is 19.3 Å². The van der Waals surface area contributed by atoms with Gasteiger partial charge in [-0.25, -0.2) is 0 Å². The summed E-state index contributed by atoms with van der Waals surface area (Å²) in [5, 5.41) is 0. The van der Waals surface area contributed by atoms with E-state index in [-0.39, 0.29) is 5.91 Å². The molecule has 0 radical (unpaired) electrons. The highest BCUT2D eigenvalue weighted by atomic mass is 16.2. The van der Waals surface area contributed by atoms with Crippen molar-refractivity contribution in [2.24, 2.45) is 5.73 Å². The minimum absolute atomic E-state index is 0.155. The SMILES string of the molecule is CN(CC1CCCN1C)C(=O)C1(N)CCCCC1. The largest absolute Gasteiger partial charge is 0.343 e. The van der Waals surface area contributed by atoms with Gasteiger partial charge in [-0.15, -0.1) is 0 Å². The molecule has 1 heterocycles. The predicted molar refractivity (Wildman–Crippen MR) is 73.3 cm³/mol. The molecule has 4 nitrogen and oxygen atoms in total. The molecule has 1 amide bonds. The molecule has 0 aromatic rings. The summed E-state index contributed by atoms with van der Waals surface area (Å²) >= 11 is 0. The van der Waals surface area contributed by atoms with E-state index in [4.69, 9.17) is 5.73 Å². The Kier molecular flexibility index (Phi) is 4.28. The lowest BCUT2D eigenvalue weighted by Gasteiger charge is -2.36. The molecule has 1 aliphatic heterocycles. The van der Waals surface area contributed by atoms with Gasteiger partial charge >= 0.3 is 0 Å². The maximum absolute atomic E-state index is 12.5. The van der Waals surface area contributed by atoms with E-state index in [1.54, 1.807) is 0 Å². The number of likely N-dealkylation sites (tertiary alicyclic amines) is 1. The second kappa shape index (κ2) is 5.57. The van der Waals surface area contributed by atoms with Crippen LogP contribution in [0.1, 0.15) is 44.9 Å². The Morgan fingerprint density at radius 2 is 2.00 bits per heavy atom. The molecule has 1 atom stereocenters. The summed E-state index contributed by atoms with van der Waals surface area (Å²) in [6.45, 7) is 1.98. The van der Waals surface area contributed by atoms with Crippen molar-refractivity contribution >= 4 is 5.91 Å². The van der Waals surface area contributed by atoms with Crippen molar-refractivity contribution in [3.63, 3.8) is 0 Å². The minimum Gasteiger partial charge on any atom is -0.343 e. The second-order valence-electron chi connectivity index (χ2n) is 6.18. The van der Waals surface area contributed by atoms with Crippen LogP contribution < -0.4 is 5.73 Å². The Balaban J connectivity index is 1.91. The lowest BCUT2D eigenvalue weighted by Crippen LogP contribution is -2.56. The first-order valence-electron chi connectivity index (χ1n) is 7.28. The number of carbonyl (C=O) groups is 1. The van der Waals surface area contributed by atoms with Gasteiger partial charge < -0.3 is 15.5 Å². The molecule has 1 saturated heterocycles. The normalized spacial score (nSPS) is 28.3. The number of nitrogens with two attached hydrogens (primary N) is 1. The maximum Gasteiger partial charge on any atom is 0.242 e. The molecule has 2 fully saturated rings. The molecule has 4 heteroatoms. The van der Waals surface area contributed by atoms with E-state index < -0.39 is 5.54 Å². The van der Waals surface area contributed by atoms with Crippen LogP contribution in [0, 0.1) is 0 Å². The van der Waals surface area contributed by atoms with Crippen molar-refractivity contribution in [1.29, 1.82) is 0 Å². The van der Waals surface area contributed by atoms with Crippen molar-refractivity contribution in [2.75, 3.05) is 27.2 Å². The van der Waals surface area contributed by atoms with Crippen LogP contribution in [0.15, 0.2) is 0 Å². The van der Waals surface area contributed by atoms with Crippen LogP contribution in [0.4, 0.5) is 0 Å². The number of hydrogen-bond donors (Lipinski definition) is 1. The molecule has 1 unspecified atom stereocenters. The number of amides is 1. The highest BCUT2D eigenvalue weighted by Gasteiger charge is 2.38. The number of likely N-dealkylation sites (N-methyl/N-ethyl adjacent to an activating group) is 2. The molecule has 1 saturated carbocycles. The quantitative estimate of drug-likeness (QED) is 0.822. The monoisotopic (exact) mass is 253 g/mol. The minimum atomic E-state index is -0.579. The van der Waals surface area contributed by atoms with Crippen LogP contribution >= 0.6 is 0 Å². The molecule has 0 spiro atoms. The third-order valence-corrected chi connectivity index (χ3v) is 4.67. The molecular formula is C14H27N3O. The highest BCUT2D eigenvalue weighted by molar-refractivity contribution is 5.86. The Hall–Kier alpha value is -0.610. The summed E-state index contributed by atoms with van der Waals surface area (Å²) in [6.07, 6.45) is 7.58. The van der Waals surface area contributed by atoms with Crippen LogP contribution in [-0.4, -0.2) is 54.5 Å². The lowest BCUT2D eigenvalue weighted by atomic mass is 9.81. The molecular weight excluding hydrogens is 226 g/mol. The van der Waals surface area contributed by atoms with E-state index >= 15 is 0 Å². The fourth-order valence-electron chi connectivity index (χ4n) is 3.39. The molecule has 2 aliphatic rings. The van der Waals surface area contributed by atoms with Gasteiger partial charge in [0.2, 0.25) is 5.91 Å². The van der Waals surface area contributed by atoms with E-state index in [1.807, 2.05) is 11.9 Å². The summed E-state index contributed by atoms with van der Waals surface area (Å²) < 4.78 is 0. The van der Waals surface area contributed by atoms with Crippen LogP contribution in [0.25, 0.3) is 0 Å². The van der Waals surface area contributed by atoms with E-state index in [2.05, 4.69) is 11.9 Å². The summed E-state index contributed by atoms with van der Waals surface area (Å²) in [5.74, 6) is 0.155. The predicted octanol–water partition coefficient (Wildman–Crippen LogP) is 1.20. The third-order valence-electron chi connectivity index (χ3n) is 4.67. The number of rotatable bonds is 3. The highest BCUT2D eigenvalue weighted by Crippen LogP contribution is 2.28. The van der Waals surface area contributed by atoms with E-state index in [9.17, 15) is 4.79 Å². The van der Waals surface area contributed by atoms with E-state index in [1.165, 1.54) is 19.3 Å². The first-order valence-corrected chi connectivity index (χ1v) is 7.28. The van der Waals surface area contributed by atoms with Crippen LogP contribution in [-0.2, 0) is 4.79 Å². The van der Waals surface area contributed by atoms with Crippen LogP contribution in [0.5, 0.6) is 0 Å². The van der Waals surface area contributed by atoms with Crippen molar-refractivity contribution in [2.45, 2.75) is 56.5 Å². The molecule has 2 N–H and O–H groups in total. The third kappa shape index (κ3) is 2.86. The fraction of sp³-hybridized carbons (Fsp3) is 0.929. The van der Waals surface area contributed by atoms with E-state index in [0.29, 0.717) is 6.04 Å². The Labute approximate surface area is 110 Å². The summed E-state index contributed by atoms with van der Waals surface area (Å²) in [5.41, 5.74) is 5.73. The fourth-order valence-corrected chi connectivity index (χ4v) is 3.39. The number of hydrogen-bond acceptors (Lipinski definition) is 3.